The van der Waals surface area contributed by atoms with Crippen molar-refractivity contribution in [3.8, 4) is 11.6 Å². The van der Waals surface area contributed by atoms with Gasteiger partial charge in [0.05, 0.1) is 5.56 Å². The Kier molecular flexibility index (Phi) is 5.23. The average Bonchev–Trinajstić information content (AvgIpc) is 2.76. The van der Waals surface area contributed by atoms with Crippen molar-refractivity contribution in [2.24, 2.45) is 0 Å². The van der Waals surface area contributed by atoms with Gasteiger partial charge in [-0.05, 0) is 37.1 Å². The molecule has 3 heterocycles. The number of rotatable bonds is 4. The van der Waals surface area contributed by atoms with E-state index in [9.17, 15) is 9.18 Å². The zero-order valence-corrected chi connectivity index (χ0v) is 15.2. The number of nitrogens with zero attached hydrogens (tertiary/aromatic N) is 4. The van der Waals surface area contributed by atoms with Crippen molar-refractivity contribution in [2.75, 3.05) is 13.1 Å². The van der Waals surface area contributed by atoms with E-state index in [1.54, 1.807) is 53.8 Å². The molecule has 0 radical (unpaired) electrons. The maximum Gasteiger partial charge on any atom is 0.255 e. The first kappa shape index (κ1) is 18.0. The molecule has 4 rings (SSSR count). The van der Waals surface area contributed by atoms with E-state index in [-0.39, 0.29) is 23.5 Å². The number of para-hydroxylation sites is 1. The first-order valence-electron chi connectivity index (χ1n) is 9.15. The number of pyridine rings is 1. The number of hydrogen-bond acceptors (Lipinski definition) is 5. The van der Waals surface area contributed by atoms with Gasteiger partial charge >= 0.3 is 0 Å². The van der Waals surface area contributed by atoms with Crippen LogP contribution in [-0.2, 0) is 0 Å². The Morgan fingerprint density at radius 2 is 1.96 bits per heavy atom. The van der Waals surface area contributed by atoms with Gasteiger partial charge in [0.15, 0.2) is 11.6 Å². The molecule has 0 bridgehead atoms. The lowest BCUT2D eigenvalue weighted by Gasteiger charge is -2.32. The van der Waals surface area contributed by atoms with Crippen LogP contribution in [0.5, 0.6) is 11.6 Å². The second kappa shape index (κ2) is 8.12. The Morgan fingerprint density at radius 1 is 1.11 bits per heavy atom. The first-order chi connectivity index (χ1) is 13.7. The number of halogens is 1. The topological polar surface area (TPSA) is 68.2 Å². The zero-order valence-electron chi connectivity index (χ0n) is 15.2. The molecule has 1 atom stereocenters. The Morgan fingerprint density at radius 3 is 2.79 bits per heavy atom. The minimum atomic E-state index is -0.462. The van der Waals surface area contributed by atoms with E-state index >= 15 is 0 Å². The van der Waals surface area contributed by atoms with Gasteiger partial charge in [0.25, 0.3) is 5.91 Å². The number of aromatic nitrogens is 3. The molecule has 0 unspecified atom stereocenters. The van der Waals surface area contributed by atoms with E-state index in [0.717, 1.165) is 12.8 Å². The molecule has 142 valence electrons. The summed E-state index contributed by atoms with van der Waals surface area (Å²) in [6.45, 7) is 1.17. The van der Waals surface area contributed by atoms with E-state index in [4.69, 9.17) is 4.74 Å². The number of benzene rings is 1. The van der Waals surface area contributed by atoms with Crippen LogP contribution in [-0.4, -0.2) is 38.8 Å². The van der Waals surface area contributed by atoms with Crippen molar-refractivity contribution in [3.05, 3.63) is 78.3 Å². The standard InChI is InChI=1S/C21H19FN4O2/c22-17-7-1-2-8-18(17)28-20-19(24-10-11-25-20)16-6-4-12-26(14-16)21(27)15-5-3-9-23-13-15/h1-3,5,7-11,13,16H,4,6,12,14H2/t16-/m0/s1. The predicted molar refractivity (Wildman–Crippen MR) is 101 cm³/mol. The summed E-state index contributed by atoms with van der Waals surface area (Å²) >= 11 is 0. The normalized spacial score (nSPS) is 16.6. The molecule has 28 heavy (non-hydrogen) atoms. The van der Waals surface area contributed by atoms with Gasteiger partial charge in [0, 0.05) is 43.8 Å². The number of piperidine rings is 1. The van der Waals surface area contributed by atoms with Crippen molar-refractivity contribution in [2.45, 2.75) is 18.8 Å². The van der Waals surface area contributed by atoms with Crippen LogP contribution in [0, 0.1) is 5.82 Å². The SMILES string of the molecule is O=C(c1cccnc1)N1CCC[C@H](c2nccnc2Oc2ccccc2F)C1. The molecule has 1 aliphatic heterocycles. The van der Waals surface area contributed by atoms with Crippen molar-refractivity contribution in [1.29, 1.82) is 0 Å². The molecule has 0 aliphatic carbocycles. The highest BCUT2D eigenvalue weighted by molar-refractivity contribution is 5.94. The van der Waals surface area contributed by atoms with Crippen molar-refractivity contribution in [3.63, 3.8) is 0 Å². The molecule has 6 nitrogen and oxygen atoms in total. The molecule has 3 aromatic rings. The molecule has 0 spiro atoms. The van der Waals surface area contributed by atoms with Crippen LogP contribution < -0.4 is 4.74 Å². The summed E-state index contributed by atoms with van der Waals surface area (Å²) in [4.78, 5) is 27.3. The number of carbonyl (C=O) groups excluding carboxylic acids is 1. The predicted octanol–water partition coefficient (Wildman–Crippen LogP) is 3.82. The number of likely N-dealkylation sites (tertiary alicyclic amines) is 1. The Balaban J connectivity index is 1.56. The van der Waals surface area contributed by atoms with E-state index in [1.807, 2.05) is 0 Å². The largest absolute Gasteiger partial charge is 0.434 e. The van der Waals surface area contributed by atoms with E-state index < -0.39 is 5.82 Å². The second-order valence-electron chi connectivity index (χ2n) is 6.61. The molecule has 1 fully saturated rings. The number of hydrogen-bond donors (Lipinski definition) is 0. The fourth-order valence-corrected chi connectivity index (χ4v) is 3.38. The third kappa shape index (κ3) is 3.83. The monoisotopic (exact) mass is 378 g/mol. The Hall–Kier alpha value is -3.35. The molecule has 0 N–H and O–H groups in total. The van der Waals surface area contributed by atoms with Crippen LogP contribution in [0.4, 0.5) is 4.39 Å². The lowest BCUT2D eigenvalue weighted by atomic mass is 9.94. The average molecular weight is 378 g/mol. The summed E-state index contributed by atoms with van der Waals surface area (Å²) in [5, 5.41) is 0. The molecule has 1 amide bonds. The molecule has 2 aromatic heterocycles. The minimum absolute atomic E-state index is 0.0372. The van der Waals surface area contributed by atoms with Crippen molar-refractivity contribution < 1.29 is 13.9 Å². The second-order valence-corrected chi connectivity index (χ2v) is 6.61. The van der Waals surface area contributed by atoms with Crippen LogP contribution in [0.2, 0.25) is 0 Å². The van der Waals surface area contributed by atoms with Crippen molar-refractivity contribution >= 4 is 5.91 Å². The van der Waals surface area contributed by atoms with Gasteiger partial charge in [0.2, 0.25) is 5.88 Å². The van der Waals surface area contributed by atoms with Gasteiger partial charge in [-0.2, -0.15) is 0 Å². The first-order valence-corrected chi connectivity index (χ1v) is 9.15. The molecule has 1 aromatic carbocycles. The van der Waals surface area contributed by atoms with Crippen LogP contribution in [0.3, 0.4) is 0 Å². The maximum atomic E-state index is 14.0. The summed E-state index contributed by atoms with van der Waals surface area (Å²) in [7, 11) is 0. The summed E-state index contributed by atoms with van der Waals surface area (Å²) in [6, 6.07) is 9.69. The summed E-state index contributed by atoms with van der Waals surface area (Å²) in [5.74, 6) is -0.184. The van der Waals surface area contributed by atoms with E-state index in [0.29, 0.717) is 24.3 Å². The van der Waals surface area contributed by atoms with Crippen LogP contribution in [0.25, 0.3) is 0 Å². The third-order valence-electron chi connectivity index (χ3n) is 4.74. The highest BCUT2D eigenvalue weighted by atomic mass is 19.1. The van der Waals surface area contributed by atoms with Crippen LogP contribution in [0.15, 0.2) is 61.2 Å². The van der Waals surface area contributed by atoms with E-state index in [1.165, 1.54) is 12.3 Å². The fraction of sp³-hybridized carbons (Fsp3) is 0.238. The van der Waals surface area contributed by atoms with Gasteiger partial charge in [-0.3, -0.25) is 14.8 Å². The number of carbonyl (C=O) groups is 1. The van der Waals surface area contributed by atoms with Crippen LogP contribution in [0.1, 0.15) is 34.8 Å². The Labute approximate surface area is 162 Å². The van der Waals surface area contributed by atoms with Gasteiger partial charge in [-0.1, -0.05) is 12.1 Å². The Bertz CT molecular complexity index is 967. The van der Waals surface area contributed by atoms with Crippen LogP contribution >= 0.6 is 0 Å². The third-order valence-corrected chi connectivity index (χ3v) is 4.74. The summed E-state index contributed by atoms with van der Waals surface area (Å²) < 4.78 is 19.7. The van der Waals surface area contributed by atoms with Gasteiger partial charge in [-0.15, -0.1) is 0 Å². The quantitative estimate of drug-likeness (QED) is 0.690. The number of amides is 1. The molecular formula is C21H19FN4O2. The highest BCUT2D eigenvalue weighted by Crippen LogP contribution is 2.33. The smallest absolute Gasteiger partial charge is 0.255 e. The molecule has 7 heteroatoms. The maximum absolute atomic E-state index is 14.0. The minimum Gasteiger partial charge on any atom is -0.434 e. The van der Waals surface area contributed by atoms with Gasteiger partial charge < -0.3 is 9.64 Å². The molecule has 1 aliphatic rings. The van der Waals surface area contributed by atoms with E-state index in [2.05, 4.69) is 15.0 Å². The molecular weight excluding hydrogens is 359 g/mol. The highest BCUT2D eigenvalue weighted by Gasteiger charge is 2.29. The van der Waals surface area contributed by atoms with Gasteiger partial charge in [0.1, 0.15) is 5.69 Å². The molecule has 0 saturated carbocycles. The zero-order chi connectivity index (χ0) is 19.3. The fourth-order valence-electron chi connectivity index (χ4n) is 3.38. The summed E-state index contributed by atoms with van der Waals surface area (Å²) in [6.07, 6.45) is 8.00. The van der Waals surface area contributed by atoms with Crippen molar-refractivity contribution in [1.82, 2.24) is 19.9 Å². The number of ether oxygens (including phenoxy) is 1. The summed E-state index contributed by atoms with van der Waals surface area (Å²) in [5.41, 5.74) is 1.19. The van der Waals surface area contributed by atoms with Gasteiger partial charge in [-0.25, -0.2) is 9.37 Å². The lowest BCUT2D eigenvalue weighted by molar-refractivity contribution is 0.0704. The molecule has 1 saturated heterocycles. The lowest BCUT2D eigenvalue weighted by Crippen LogP contribution is -2.39.